The molecule has 1 unspecified atom stereocenters. The second-order valence-electron chi connectivity index (χ2n) is 2.67. The van der Waals surface area contributed by atoms with Gasteiger partial charge < -0.3 is 0 Å². The van der Waals surface area contributed by atoms with Crippen LogP contribution in [0.3, 0.4) is 0 Å². The summed E-state index contributed by atoms with van der Waals surface area (Å²) in [6, 6.07) is 6.56. The van der Waals surface area contributed by atoms with Crippen molar-refractivity contribution in [1.82, 2.24) is 0 Å². The molecule has 0 aliphatic rings. The Balaban J connectivity index is -0.000000270. The molecule has 12 heavy (non-hydrogen) atoms. The largest absolute Gasteiger partial charge is 0.153 e. The SMILES string of the molecule is Cc1cc(C)cc(C)c1.Cl.Cl.P. The molecule has 1 atom stereocenters. The van der Waals surface area contributed by atoms with Gasteiger partial charge in [-0.25, -0.2) is 0 Å². The number of rotatable bonds is 0. The second kappa shape index (κ2) is 7.86. The smallest absolute Gasteiger partial charge is 0.0398 e. The molecule has 0 spiro atoms. The zero-order valence-corrected chi connectivity index (χ0v) is 10.8. The Morgan fingerprint density at radius 3 is 1.00 bits per heavy atom. The lowest BCUT2D eigenvalue weighted by Gasteiger charge is -1.96. The summed E-state index contributed by atoms with van der Waals surface area (Å²) in [5.74, 6) is 0. The van der Waals surface area contributed by atoms with Gasteiger partial charge in [-0.15, -0.1) is 24.8 Å². The fourth-order valence-electron chi connectivity index (χ4n) is 1.20. The zero-order chi connectivity index (χ0) is 6.85. The van der Waals surface area contributed by atoms with Gasteiger partial charge in [0.25, 0.3) is 0 Å². The summed E-state index contributed by atoms with van der Waals surface area (Å²) in [6.07, 6.45) is 0. The molecular weight excluding hydrogens is 210 g/mol. The van der Waals surface area contributed by atoms with Gasteiger partial charge in [0.2, 0.25) is 0 Å². The van der Waals surface area contributed by atoms with Crippen LogP contribution in [0.2, 0.25) is 0 Å². The van der Waals surface area contributed by atoms with Crippen LogP contribution in [0.4, 0.5) is 0 Å². The van der Waals surface area contributed by atoms with Gasteiger partial charge in [-0.05, 0) is 20.8 Å². The summed E-state index contributed by atoms with van der Waals surface area (Å²) in [5, 5.41) is 0. The van der Waals surface area contributed by atoms with Crippen LogP contribution in [-0.4, -0.2) is 0 Å². The van der Waals surface area contributed by atoms with E-state index in [9.17, 15) is 0 Å². The van der Waals surface area contributed by atoms with E-state index < -0.39 is 0 Å². The molecule has 0 nitrogen and oxygen atoms in total. The third-order valence-corrected chi connectivity index (χ3v) is 1.37. The van der Waals surface area contributed by atoms with Gasteiger partial charge in [-0.1, -0.05) is 34.9 Å². The van der Waals surface area contributed by atoms with E-state index >= 15 is 0 Å². The summed E-state index contributed by atoms with van der Waals surface area (Å²) >= 11 is 0. The molecule has 1 rings (SSSR count). The highest BCUT2D eigenvalue weighted by Crippen LogP contribution is 2.06. The van der Waals surface area contributed by atoms with Crippen molar-refractivity contribution in [1.29, 1.82) is 0 Å². The van der Waals surface area contributed by atoms with Gasteiger partial charge in [0.1, 0.15) is 0 Å². The fourth-order valence-corrected chi connectivity index (χ4v) is 1.20. The van der Waals surface area contributed by atoms with Gasteiger partial charge in [0.15, 0.2) is 0 Å². The minimum absolute atomic E-state index is 0. The lowest BCUT2D eigenvalue weighted by atomic mass is 10.1. The van der Waals surface area contributed by atoms with Crippen LogP contribution >= 0.6 is 34.7 Å². The van der Waals surface area contributed by atoms with Crippen molar-refractivity contribution in [3.05, 3.63) is 34.9 Å². The van der Waals surface area contributed by atoms with Gasteiger partial charge in [-0.2, -0.15) is 9.90 Å². The van der Waals surface area contributed by atoms with Gasteiger partial charge >= 0.3 is 0 Å². The average molecular weight is 227 g/mol. The van der Waals surface area contributed by atoms with Gasteiger partial charge in [-0.3, -0.25) is 0 Å². The van der Waals surface area contributed by atoms with E-state index in [1.54, 1.807) is 0 Å². The number of benzene rings is 1. The van der Waals surface area contributed by atoms with Gasteiger partial charge in [0.05, 0.1) is 0 Å². The first kappa shape index (κ1) is 18.1. The maximum atomic E-state index is 2.19. The maximum Gasteiger partial charge on any atom is -0.0398 e. The third kappa shape index (κ3) is 5.83. The van der Waals surface area contributed by atoms with E-state index in [1.807, 2.05) is 0 Å². The summed E-state index contributed by atoms with van der Waals surface area (Å²) in [7, 11) is 0. The molecule has 1 aromatic carbocycles. The summed E-state index contributed by atoms with van der Waals surface area (Å²) in [6.45, 7) is 6.38. The topological polar surface area (TPSA) is 0 Å². The molecule has 0 aliphatic heterocycles. The van der Waals surface area contributed by atoms with Gasteiger partial charge in [0, 0.05) is 0 Å². The lowest BCUT2D eigenvalue weighted by molar-refractivity contribution is 1.32. The maximum absolute atomic E-state index is 2.19. The molecule has 0 aliphatic carbocycles. The Bertz CT molecular complexity index is 173. The van der Waals surface area contributed by atoms with Crippen LogP contribution in [-0.2, 0) is 0 Å². The Morgan fingerprint density at radius 1 is 0.667 bits per heavy atom. The van der Waals surface area contributed by atoms with E-state index in [-0.39, 0.29) is 34.7 Å². The van der Waals surface area contributed by atoms with Crippen molar-refractivity contribution in [2.24, 2.45) is 0 Å². The average Bonchev–Trinajstić information content (AvgIpc) is 1.59. The van der Waals surface area contributed by atoms with Crippen molar-refractivity contribution in [3.8, 4) is 0 Å². The van der Waals surface area contributed by atoms with Crippen LogP contribution in [0, 0.1) is 20.8 Å². The fraction of sp³-hybridized carbons (Fsp3) is 0.333. The van der Waals surface area contributed by atoms with Crippen LogP contribution in [0.25, 0.3) is 0 Å². The van der Waals surface area contributed by atoms with E-state index in [2.05, 4.69) is 39.0 Å². The molecule has 0 heterocycles. The molecule has 3 heteroatoms. The highest BCUT2D eigenvalue weighted by atomic mass is 35.5. The minimum atomic E-state index is 0. The van der Waals surface area contributed by atoms with Crippen LogP contribution < -0.4 is 0 Å². The first-order chi connectivity index (χ1) is 4.18. The predicted molar refractivity (Wildman–Crippen MR) is 66.3 cm³/mol. The molecule has 0 saturated carbocycles. The first-order valence-electron chi connectivity index (χ1n) is 3.23. The zero-order valence-electron chi connectivity index (χ0n) is 7.76. The number of aryl methyl sites for hydroxylation is 3. The summed E-state index contributed by atoms with van der Waals surface area (Å²) in [4.78, 5) is 0. The number of halogens is 2. The van der Waals surface area contributed by atoms with E-state index in [0.717, 1.165) is 0 Å². The third-order valence-electron chi connectivity index (χ3n) is 1.37. The van der Waals surface area contributed by atoms with Crippen LogP contribution in [0.1, 0.15) is 16.7 Å². The predicted octanol–water partition coefficient (Wildman–Crippen LogP) is 3.51. The minimum Gasteiger partial charge on any atom is -0.153 e. The first-order valence-corrected chi connectivity index (χ1v) is 3.23. The Labute approximate surface area is 90.6 Å². The molecule has 1 aromatic rings. The Morgan fingerprint density at radius 2 is 0.833 bits per heavy atom. The molecule has 0 radical (unpaired) electrons. The van der Waals surface area contributed by atoms with Crippen molar-refractivity contribution in [2.45, 2.75) is 20.8 Å². The van der Waals surface area contributed by atoms with Crippen LogP contribution in [0.5, 0.6) is 0 Å². The van der Waals surface area contributed by atoms with Crippen molar-refractivity contribution in [3.63, 3.8) is 0 Å². The monoisotopic (exact) mass is 226 g/mol. The highest BCUT2D eigenvalue weighted by molar-refractivity contribution is 6.92. The standard InChI is InChI=1S/C9H12.2ClH.H3P/c1-7-4-8(2)6-9(3)5-7;;;/h4-6H,1-3H3;2*1H;1H3. The molecule has 72 valence electrons. The van der Waals surface area contributed by atoms with E-state index in [4.69, 9.17) is 0 Å². The Kier molecular flexibility index (Phi) is 11.9. The quantitative estimate of drug-likeness (QED) is 0.595. The summed E-state index contributed by atoms with van der Waals surface area (Å²) in [5.41, 5.74) is 4.06. The van der Waals surface area contributed by atoms with Crippen LogP contribution in [0.15, 0.2) is 18.2 Å². The van der Waals surface area contributed by atoms with Crippen molar-refractivity contribution in [2.75, 3.05) is 0 Å². The van der Waals surface area contributed by atoms with Crippen molar-refractivity contribution < 1.29 is 0 Å². The molecule has 0 N–H and O–H groups in total. The molecule has 0 fully saturated rings. The van der Waals surface area contributed by atoms with Crippen molar-refractivity contribution >= 4 is 34.7 Å². The van der Waals surface area contributed by atoms with E-state index in [1.165, 1.54) is 16.7 Å². The Hall–Kier alpha value is 0.230. The molecule has 0 saturated heterocycles. The highest BCUT2D eigenvalue weighted by Gasteiger charge is 1.87. The second-order valence-corrected chi connectivity index (χ2v) is 2.67. The molecule has 0 aromatic heterocycles. The molecule has 0 bridgehead atoms. The molecule has 0 amide bonds. The lowest BCUT2D eigenvalue weighted by Crippen LogP contribution is -1.78. The normalized spacial score (nSPS) is 7.25. The molecular formula is C9H17Cl2P. The van der Waals surface area contributed by atoms with E-state index in [0.29, 0.717) is 0 Å². The number of hydrogen-bond donors (Lipinski definition) is 0. The summed E-state index contributed by atoms with van der Waals surface area (Å²) < 4.78 is 0. The number of hydrogen-bond acceptors (Lipinski definition) is 0.